The highest BCUT2D eigenvalue weighted by Crippen LogP contribution is 2.52. The van der Waals surface area contributed by atoms with Gasteiger partial charge in [-0.25, -0.2) is 18.2 Å². The van der Waals surface area contributed by atoms with Gasteiger partial charge in [0, 0.05) is 54.3 Å². The fraction of sp³-hybridized carbons (Fsp3) is 0.444. The van der Waals surface area contributed by atoms with Crippen molar-refractivity contribution in [1.29, 1.82) is 0 Å². The average molecular weight is 548 g/mol. The van der Waals surface area contributed by atoms with Crippen LogP contribution in [0.5, 0.6) is 11.6 Å². The first-order valence-corrected chi connectivity index (χ1v) is 13.0. The van der Waals surface area contributed by atoms with E-state index in [9.17, 15) is 13.9 Å². The molecule has 4 heterocycles. The summed E-state index contributed by atoms with van der Waals surface area (Å²) in [5.41, 5.74) is 0.425. The molecule has 0 bridgehead atoms. The van der Waals surface area contributed by atoms with E-state index in [1.165, 1.54) is 12.1 Å². The number of aromatic hydroxyl groups is 1. The highest BCUT2D eigenvalue weighted by molar-refractivity contribution is 6.34. The molecule has 0 saturated carbocycles. The van der Waals surface area contributed by atoms with Gasteiger partial charge >= 0.3 is 0 Å². The average Bonchev–Trinajstić information content (AvgIpc) is 2.85. The number of fused-ring (bicyclic) bond motifs is 4. The van der Waals surface area contributed by atoms with Gasteiger partial charge in [-0.3, -0.25) is 0 Å². The van der Waals surface area contributed by atoms with Gasteiger partial charge in [0.25, 0.3) is 6.43 Å². The maximum Gasteiger partial charge on any atom is 0.264 e. The summed E-state index contributed by atoms with van der Waals surface area (Å²) in [7, 11) is 3.92. The topological polar surface area (TPSA) is 64.1 Å². The second-order valence-corrected chi connectivity index (χ2v) is 11.0. The fourth-order valence-corrected chi connectivity index (χ4v) is 6.32. The number of phenolic OH excluding ortho intramolecular Hbond substituents is 1. The van der Waals surface area contributed by atoms with Crippen LogP contribution in [0.2, 0.25) is 5.02 Å². The van der Waals surface area contributed by atoms with Gasteiger partial charge in [0.2, 0.25) is 5.88 Å². The zero-order valence-corrected chi connectivity index (χ0v) is 22.1. The Bertz CT molecular complexity index is 1420. The van der Waals surface area contributed by atoms with Crippen LogP contribution < -0.4 is 19.9 Å². The van der Waals surface area contributed by atoms with Crippen molar-refractivity contribution in [2.45, 2.75) is 31.5 Å². The number of anilines is 2. The van der Waals surface area contributed by atoms with Crippen LogP contribution in [0.25, 0.3) is 22.0 Å². The number of alkyl halides is 2. The Hall–Kier alpha value is -2.95. The Labute approximate surface area is 223 Å². The van der Waals surface area contributed by atoms with Gasteiger partial charge in [-0.1, -0.05) is 23.7 Å². The molecule has 38 heavy (non-hydrogen) atoms. The van der Waals surface area contributed by atoms with Crippen LogP contribution in [0, 0.1) is 5.82 Å². The van der Waals surface area contributed by atoms with E-state index in [-0.39, 0.29) is 39.9 Å². The Morgan fingerprint density at radius 1 is 1.21 bits per heavy atom. The van der Waals surface area contributed by atoms with Crippen LogP contribution in [0.4, 0.5) is 24.5 Å². The van der Waals surface area contributed by atoms with Crippen LogP contribution in [0.3, 0.4) is 0 Å². The molecular weight excluding hydrogens is 519 g/mol. The highest BCUT2D eigenvalue weighted by atomic mass is 35.5. The summed E-state index contributed by atoms with van der Waals surface area (Å²) in [5.74, 6) is -1.04. The van der Waals surface area contributed by atoms with E-state index in [4.69, 9.17) is 16.3 Å². The second kappa shape index (κ2) is 9.36. The number of hydrogen-bond acceptors (Lipinski definition) is 7. The molecule has 1 aromatic heterocycles. The monoisotopic (exact) mass is 547 g/mol. The normalized spacial score (nSPS) is 22.6. The summed E-state index contributed by atoms with van der Waals surface area (Å²) in [6.45, 7) is 5.64. The molecule has 3 aromatic rings. The van der Waals surface area contributed by atoms with Crippen molar-refractivity contribution in [3.63, 3.8) is 0 Å². The van der Waals surface area contributed by atoms with Crippen molar-refractivity contribution in [3.05, 3.63) is 40.7 Å². The molecule has 3 atom stereocenters. The molecule has 3 aliphatic heterocycles. The zero-order valence-electron chi connectivity index (χ0n) is 21.3. The van der Waals surface area contributed by atoms with Crippen molar-refractivity contribution >= 4 is 33.9 Å². The lowest BCUT2D eigenvalue weighted by molar-refractivity contribution is 0.146. The third kappa shape index (κ3) is 4.01. The number of piperazine rings is 1. The number of phenols is 1. The highest BCUT2D eigenvalue weighted by Gasteiger charge is 2.42. The van der Waals surface area contributed by atoms with E-state index in [0.29, 0.717) is 30.9 Å². The summed E-state index contributed by atoms with van der Waals surface area (Å²) in [6.07, 6.45) is -3.12. The first kappa shape index (κ1) is 25.3. The summed E-state index contributed by atoms with van der Waals surface area (Å²) < 4.78 is 50.6. The van der Waals surface area contributed by atoms with Crippen LogP contribution in [0.15, 0.2) is 24.3 Å². The number of rotatable bonds is 4. The molecule has 0 amide bonds. The number of ether oxygens (including phenoxy) is 1. The van der Waals surface area contributed by atoms with Crippen molar-refractivity contribution < 1.29 is 23.0 Å². The lowest BCUT2D eigenvalue weighted by Crippen LogP contribution is -2.63. The second-order valence-electron chi connectivity index (χ2n) is 10.6. The molecule has 7 nitrogen and oxygen atoms in total. The number of benzene rings is 2. The summed E-state index contributed by atoms with van der Waals surface area (Å²) in [5, 5.41) is 14.5. The summed E-state index contributed by atoms with van der Waals surface area (Å²) >= 11 is 6.64. The molecule has 2 N–H and O–H groups in total. The molecule has 0 spiro atoms. The van der Waals surface area contributed by atoms with Crippen molar-refractivity contribution in [2.24, 2.45) is 0 Å². The van der Waals surface area contributed by atoms with Gasteiger partial charge in [0.15, 0.2) is 5.82 Å². The molecule has 1 saturated heterocycles. The Morgan fingerprint density at radius 2 is 2.00 bits per heavy atom. The number of hydrogen-bond donors (Lipinski definition) is 2. The minimum atomic E-state index is -2.94. The molecule has 0 unspecified atom stereocenters. The number of nitrogens with one attached hydrogen (secondary N) is 1. The third-order valence-electron chi connectivity index (χ3n) is 7.57. The van der Waals surface area contributed by atoms with Crippen LogP contribution in [-0.4, -0.2) is 80.0 Å². The van der Waals surface area contributed by atoms with Crippen LogP contribution in [0.1, 0.15) is 18.9 Å². The Kier molecular flexibility index (Phi) is 6.24. The van der Waals surface area contributed by atoms with E-state index >= 15 is 4.39 Å². The first-order chi connectivity index (χ1) is 18.1. The van der Waals surface area contributed by atoms with Crippen molar-refractivity contribution in [2.75, 3.05) is 56.6 Å². The van der Waals surface area contributed by atoms with Crippen molar-refractivity contribution in [1.82, 2.24) is 15.2 Å². The summed E-state index contributed by atoms with van der Waals surface area (Å²) in [6, 6.07) is 5.62. The molecule has 6 rings (SSSR count). The minimum Gasteiger partial charge on any atom is -0.507 e. The SMILES string of the molecule is C[C@@H]1CN2c3c4c(nc5c(F)c(-c6c(O)cccc6C(F)F)c(Cl)cc35)O[C@H](CN(C)C)CN4C[C@H]2CN1. The predicted molar refractivity (Wildman–Crippen MR) is 143 cm³/mol. The van der Waals surface area contributed by atoms with Gasteiger partial charge in [0.1, 0.15) is 23.1 Å². The number of pyridine rings is 1. The lowest BCUT2D eigenvalue weighted by atomic mass is 9.94. The summed E-state index contributed by atoms with van der Waals surface area (Å²) in [4.78, 5) is 11.2. The molecule has 0 aliphatic carbocycles. The molecule has 2 aromatic carbocycles. The number of aromatic nitrogens is 1. The number of likely N-dealkylation sites (N-methyl/N-ethyl adjacent to an activating group) is 1. The molecular formula is C27H29ClF3N5O2. The van der Waals surface area contributed by atoms with E-state index in [0.717, 1.165) is 30.5 Å². The predicted octanol–water partition coefficient (Wildman–Crippen LogP) is 4.65. The van der Waals surface area contributed by atoms with Gasteiger partial charge in [-0.05, 0) is 33.2 Å². The van der Waals surface area contributed by atoms with Gasteiger partial charge in [0.05, 0.1) is 23.3 Å². The minimum absolute atomic E-state index is 0.0288. The maximum absolute atomic E-state index is 16.4. The Balaban J connectivity index is 1.63. The zero-order chi connectivity index (χ0) is 26.9. The Morgan fingerprint density at radius 3 is 2.74 bits per heavy atom. The van der Waals surface area contributed by atoms with E-state index < -0.39 is 23.6 Å². The molecule has 11 heteroatoms. The van der Waals surface area contributed by atoms with E-state index in [1.54, 1.807) is 6.07 Å². The quantitative estimate of drug-likeness (QED) is 0.493. The van der Waals surface area contributed by atoms with Gasteiger partial charge in [-0.2, -0.15) is 0 Å². The number of nitrogens with zero attached hydrogens (tertiary/aromatic N) is 4. The van der Waals surface area contributed by atoms with E-state index in [1.807, 2.05) is 19.0 Å². The number of halogens is 4. The maximum atomic E-state index is 16.4. The van der Waals surface area contributed by atoms with E-state index in [2.05, 4.69) is 27.0 Å². The fourth-order valence-electron chi connectivity index (χ4n) is 6.03. The van der Waals surface area contributed by atoms with Crippen LogP contribution >= 0.6 is 11.6 Å². The lowest BCUT2D eigenvalue weighted by Gasteiger charge is -2.51. The largest absolute Gasteiger partial charge is 0.507 e. The standard InChI is InChI=1S/C27H29ClF3N5O2/c1-13-9-36-14(8-32-13)10-35-12-15(11-34(2)3)38-27-25(35)24(36)17-7-18(28)21(22(29)23(17)33-27)20-16(26(30)31)5-4-6-19(20)37/h4-7,13-15,26,32,37H,8-12H2,1-3H3/t13-,14-,15-/m1/s1. The van der Waals surface area contributed by atoms with Crippen LogP contribution in [-0.2, 0) is 0 Å². The molecule has 202 valence electrons. The van der Waals surface area contributed by atoms with Crippen molar-refractivity contribution in [3.8, 4) is 22.8 Å². The molecule has 0 radical (unpaired) electrons. The van der Waals surface area contributed by atoms with Gasteiger partial charge in [-0.15, -0.1) is 0 Å². The first-order valence-electron chi connectivity index (χ1n) is 12.7. The van der Waals surface area contributed by atoms with Gasteiger partial charge < -0.3 is 29.9 Å². The third-order valence-corrected chi connectivity index (χ3v) is 7.86. The molecule has 3 aliphatic rings. The smallest absolute Gasteiger partial charge is 0.264 e. The molecule has 1 fully saturated rings.